The molecule has 1 aromatic carbocycles. The molecule has 0 saturated carbocycles. The van der Waals surface area contributed by atoms with E-state index in [0.29, 0.717) is 0 Å². The first-order valence-electron chi connectivity index (χ1n) is 9.33. The van der Waals surface area contributed by atoms with Crippen LogP contribution in [0.1, 0.15) is 37.8 Å². The first kappa shape index (κ1) is 16.8. The number of hydrogen-bond acceptors (Lipinski definition) is 3. The summed E-state index contributed by atoms with van der Waals surface area (Å²) in [6.45, 7) is 6.11. The molecule has 4 rings (SSSR count). The molecule has 1 aliphatic heterocycles. The van der Waals surface area contributed by atoms with Gasteiger partial charge >= 0.3 is 0 Å². The lowest BCUT2D eigenvalue weighted by molar-refractivity contribution is -0.674. The van der Waals surface area contributed by atoms with Crippen LogP contribution in [0, 0.1) is 6.92 Å². The van der Waals surface area contributed by atoms with E-state index in [0.717, 1.165) is 60.0 Å². The third-order valence-corrected chi connectivity index (χ3v) is 5.34. The number of carbonyl (C=O) groups is 1. The van der Waals surface area contributed by atoms with Crippen LogP contribution in [0.2, 0.25) is 0 Å². The van der Waals surface area contributed by atoms with E-state index in [1.807, 2.05) is 11.5 Å². The number of aromatic nitrogens is 5. The first-order valence-corrected chi connectivity index (χ1v) is 9.33. The minimum Gasteiger partial charge on any atom is -0.366 e. The molecule has 1 amide bonds. The van der Waals surface area contributed by atoms with Gasteiger partial charge < -0.3 is 10.3 Å². The van der Waals surface area contributed by atoms with Crippen LogP contribution in [-0.4, -0.2) is 25.2 Å². The molecule has 7 heteroatoms. The van der Waals surface area contributed by atoms with Gasteiger partial charge in [0.1, 0.15) is 5.82 Å². The molecule has 2 N–H and O–H groups in total. The lowest BCUT2D eigenvalue weighted by Gasteiger charge is -2.06. The number of primary amides is 1. The van der Waals surface area contributed by atoms with Gasteiger partial charge in [0.15, 0.2) is 23.4 Å². The van der Waals surface area contributed by atoms with Crippen LogP contribution in [0.15, 0.2) is 18.2 Å². The number of fused-ring (bicyclic) bond motifs is 2. The van der Waals surface area contributed by atoms with Crippen molar-refractivity contribution < 1.29 is 9.36 Å². The van der Waals surface area contributed by atoms with Gasteiger partial charge in [-0.25, -0.2) is 9.13 Å². The van der Waals surface area contributed by atoms with Gasteiger partial charge in [-0.1, -0.05) is 6.42 Å². The molecule has 1 aliphatic rings. The molecule has 0 bridgehead atoms. The molecule has 7 nitrogen and oxygen atoms in total. The van der Waals surface area contributed by atoms with E-state index in [-0.39, 0.29) is 12.5 Å². The van der Waals surface area contributed by atoms with E-state index >= 15 is 0 Å². The lowest BCUT2D eigenvalue weighted by Crippen LogP contribution is -2.35. The summed E-state index contributed by atoms with van der Waals surface area (Å²) in [6.07, 6.45) is 4.56. The predicted molar refractivity (Wildman–Crippen MR) is 98.3 cm³/mol. The number of aryl methyl sites for hydroxylation is 2. The summed E-state index contributed by atoms with van der Waals surface area (Å²) in [7, 11) is 0. The zero-order valence-corrected chi connectivity index (χ0v) is 15.4. The summed E-state index contributed by atoms with van der Waals surface area (Å²) >= 11 is 0. The zero-order chi connectivity index (χ0) is 18.3. The maximum atomic E-state index is 11.6. The van der Waals surface area contributed by atoms with E-state index in [1.165, 1.54) is 12.8 Å². The number of imidazole rings is 1. The topological polar surface area (TPSA) is 82.6 Å². The Morgan fingerprint density at radius 3 is 2.88 bits per heavy atom. The molecule has 0 saturated heterocycles. The molecule has 3 heterocycles. The number of nitrogens with two attached hydrogens (primary N) is 1. The van der Waals surface area contributed by atoms with Gasteiger partial charge in [-0.05, 0) is 31.9 Å². The smallest absolute Gasteiger partial charge is 0.259 e. The van der Waals surface area contributed by atoms with Crippen molar-refractivity contribution >= 4 is 16.9 Å². The van der Waals surface area contributed by atoms with Gasteiger partial charge in [-0.3, -0.25) is 4.79 Å². The quantitative estimate of drug-likeness (QED) is 0.725. The Balaban J connectivity index is 1.88. The molecule has 0 unspecified atom stereocenters. The number of nitrogens with zero attached hydrogens (tertiary/aromatic N) is 5. The SMILES string of the molecule is CC[n+]1c(C)n(CC(N)=O)c2cc(-c3nnc4n3CCCCC4)ccc21. The number of benzene rings is 1. The summed E-state index contributed by atoms with van der Waals surface area (Å²) in [4.78, 5) is 11.6. The summed E-state index contributed by atoms with van der Waals surface area (Å²) in [5.41, 5.74) is 8.62. The molecule has 0 atom stereocenters. The van der Waals surface area contributed by atoms with Crippen molar-refractivity contribution in [1.82, 2.24) is 19.3 Å². The second-order valence-electron chi connectivity index (χ2n) is 6.95. The summed E-state index contributed by atoms with van der Waals surface area (Å²) in [5, 5.41) is 8.87. The van der Waals surface area contributed by atoms with E-state index in [2.05, 4.69) is 44.5 Å². The maximum absolute atomic E-state index is 11.6. The third-order valence-electron chi connectivity index (χ3n) is 5.34. The Morgan fingerprint density at radius 1 is 1.27 bits per heavy atom. The van der Waals surface area contributed by atoms with Gasteiger partial charge in [-0.15, -0.1) is 10.2 Å². The highest BCUT2D eigenvalue weighted by molar-refractivity contribution is 5.81. The third kappa shape index (κ3) is 2.67. The largest absolute Gasteiger partial charge is 0.366 e. The van der Waals surface area contributed by atoms with Crippen LogP contribution < -0.4 is 10.3 Å². The Hall–Kier alpha value is -2.70. The van der Waals surface area contributed by atoms with Crippen LogP contribution in [0.4, 0.5) is 0 Å². The Kier molecular flexibility index (Phi) is 4.22. The van der Waals surface area contributed by atoms with Crippen molar-refractivity contribution in [3.63, 3.8) is 0 Å². The van der Waals surface area contributed by atoms with Crippen molar-refractivity contribution in [2.24, 2.45) is 5.73 Å². The van der Waals surface area contributed by atoms with Gasteiger partial charge in [0.25, 0.3) is 11.7 Å². The number of hydrogen-bond donors (Lipinski definition) is 1. The fourth-order valence-corrected chi connectivity index (χ4v) is 4.05. The molecule has 0 aliphatic carbocycles. The molecular weight excluding hydrogens is 328 g/mol. The standard InChI is InChI=1S/C19H24N6O/c1-3-23-13(2)25(12-17(20)26)16-11-14(8-9-15(16)23)19-22-21-18-7-5-4-6-10-24(18)19/h8-9,11H,3-7,10,12H2,1-2H3,(H-,20,26)/p+1. The van der Waals surface area contributed by atoms with E-state index in [1.54, 1.807) is 0 Å². The Morgan fingerprint density at radius 2 is 2.12 bits per heavy atom. The van der Waals surface area contributed by atoms with Crippen molar-refractivity contribution in [1.29, 1.82) is 0 Å². The highest BCUT2D eigenvalue weighted by Gasteiger charge is 2.24. The highest BCUT2D eigenvalue weighted by Crippen LogP contribution is 2.26. The minimum absolute atomic E-state index is 0.177. The molecule has 2 aromatic heterocycles. The van der Waals surface area contributed by atoms with Crippen LogP contribution in [0.3, 0.4) is 0 Å². The number of rotatable bonds is 4. The van der Waals surface area contributed by atoms with Crippen molar-refractivity contribution in [2.75, 3.05) is 0 Å². The second-order valence-corrected chi connectivity index (χ2v) is 6.95. The first-order chi connectivity index (χ1) is 12.6. The van der Waals surface area contributed by atoms with Crippen LogP contribution in [0.25, 0.3) is 22.4 Å². The molecule has 3 aromatic rings. The van der Waals surface area contributed by atoms with Gasteiger partial charge in [-0.2, -0.15) is 0 Å². The van der Waals surface area contributed by atoms with Gasteiger partial charge in [0.05, 0.1) is 6.54 Å². The van der Waals surface area contributed by atoms with Crippen molar-refractivity contribution in [2.45, 2.75) is 59.2 Å². The molecule has 26 heavy (non-hydrogen) atoms. The van der Waals surface area contributed by atoms with Crippen LogP contribution in [0.5, 0.6) is 0 Å². The Labute approximate surface area is 152 Å². The fraction of sp³-hybridized carbons (Fsp3) is 0.474. The normalized spacial score (nSPS) is 14.4. The summed E-state index contributed by atoms with van der Waals surface area (Å²) in [5.74, 6) is 2.68. The van der Waals surface area contributed by atoms with Crippen molar-refractivity contribution in [3.05, 3.63) is 29.8 Å². The molecular formula is C19H25N6O+. The molecule has 0 fully saturated rings. The zero-order valence-electron chi connectivity index (χ0n) is 15.4. The number of amides is 1. The maximum Gasteiger partial charge on any atom is 0.259 e. The molecule has 0 radical (unpaired) electrons. The van der Waals surface area contributed by atoms with Gasteiger partial charge in [0.2, 0.25) is 0 Å². The van der Waals surface area contributed by atoms with E-state index in [4.69, 9.17) is 5.73 Å². The van der Waals surface area contributed by atoms with E-state index < -0.39 is 0 Å². The summed E-state index contributed by atoms with van der Waals surface area (Å²) in [6, 6.07) is 6.32. The average molecular weight is 353 g/mol. The minimum atomic E-state index is -0.338. The van der Waals surface area contributed by atoms with Crippen molar-refractivity contribution in [3.8, 4) is 11.4 Å². The van der Waals surface area contributed by atoms with Crippen LogP contribution >= 0.6 is 0 Å². The fourth-order valence-electron chi connectivity index (χ4n) is 4.05. The molecule has 0 spiro atoms. The Bertz CT molecular complexity index is 984. The highest BCUT2D eigenvalue weighted by atomic mass is 16.1. The number of carbonyl (C=O) groups excluding carboxylic acids is 1. The monoisotopic (exact) mass is 353 g/mol. The lowest BCUT2D eigenvalue weighted by atomic mass is 10.1. The van der Waals surface area contributed by atoms with Crippen LogP contribution in [-0.2, 0) is 30.8 Å². The predicted octanol–water partition coefficient (Wildman–Crippen LogP) is 1.73. The van der Waals surface area contributed by atoms with E-state index in [9.17, 15) is 4.79 Å². The summed E-state index contributed by atoms with van der Waals surface area (Å²) < 4.78 is 6.44. The molecule has 136 valence electrons. The second kappa shape index (κ2) is 6.55. The average Bonchev–Trinajstić information content (AvgIpc) is 3.03. The van der Waals surface area contributed by atoms with Gasteiger partial charge in [0, 0.05) is 31.5 Å².